The van der Waals surface area contributed by atoms with Gasteiger partial charge in [0.25, 0.3) is 10.0 Å². The molecule has 1 aromatic carbocycles. The molecule has 0 bridgehead atoms. The highest BCUT2D eigenvalue weighted by molar-refractivity contribution is 7.94. The zero-order chi connectivity index (χ0) is 13.5. The minimum atomic E-state index is -3.56. The number of hydrogen-bond donors (Lipinski definition) is 0. The van der Waals surface area contributed by atoms with Crippen molar-refractivity contribution in [3.63, 3.8) is 0 Å². The quantitative estimate of drug-likeness (QED) is 0.855. The van der Waals surface area contributed by atoms with Gasteiger partial charge < -0.3 is 0 Å². The zero-order valence-electron chi connectivity index (χ0n) is 9.94. The summed E-state index contributed by atoms with van der Waals surface area (Å²) in [5.41, 5.74) is 0.959. The van der Waals surface area contributed by atoms with Crippen LogP contribution >= 0.6 is 11.3 Å². The second-order valence-corrected chi connectivity index (χ2v) is 7.24. The van der Waals surface area contributed by atoms with E-state index in [-0.39, 0.29) is 18.7 Å². The fourth-order valence-electron chi connectivity index (χ4n) is 2.15. The predicted molar refractivity (Wildman–Crippen MR) is 74.2 cm³/mol. The normalized spacial score (nSPS) is 15.4. The second kappa shape index (κ2) is 4.47. The molecule has 0 atom stereocenters. The highest BCUT2D eigenvalue weighted by Gasteiger charge is 2.32. The molecule has 6 heteroatoms. The molecular weight excluding hydrogens is 282 g/mol. The lowest BCUT2D eigenvalue weighted by Crippen LogP contribution is -2.37. The van der Waals surface area contributed by atoms with Crippen molar-refractivity contribution in [2.24, 2.45) is 0 Å². The van der Waals surface area contributed by atoms with Gasteiger partial charge in [-0.15, -0.1) is 11.3 Å². The minimum absolute atomic E-state index is 0.00627. The topological polar surface area (TPSA) is 54.5 Å². The smallest absolute Gasteiger partial charge is 0.273 e. The molecule has 0 saturated heterocycles. The molecule has 0 N–H and O–H groups in total. The van der Waals surface area contributed by atoms with Crippen molar-refractivity contribution in [2.75, 3.05) is 10.8 Å². The summed E-state index contributed by atoms with van der Waals surface area (Å²) in [4.78, 5) is 11.8. The Morgan fingerprint density at radius 2 is 1.89 bits per heavy atom. The maximum atomic E-state index is 12.5. The van der Waals surface area contributed by atoms with Crippen molar-refractivity contribution >= 4 is 32.8 Å². The molecule has 19 heavy (non-hydrogen) atoms. The van der Waals surface area contributed by atoms with E-state index in [1.165, 1.54) is 15.6 Å². The Balaban J connectivity index is 2.14. The molecular formula is C13H11NO3S2. The van der Waals surface area contributed by atoms with Gasteiger partial charge in [0, 0.05) is 18.5 Å². The van der Waals surface area contributed by atoms with E-state index in [1.54, 1.807) is 41.8 Å². The van der Waals surface area contributed by atoms with Gasteiger partial charge in [0.1, 0.15) is 4.21 Å². The molecule has 0 radical (unpaired) electrons. The van der Waals surface area contributed by atoms with E-state index in [0.717, 1.165) is 0 Å². The van der Waals surface area contributed by atoms with Crippen molar-refractivity contribution in [1.29, 1.82) is 0 Å². The van der Waals surface area contributed by atoms with Crippen LogP contribution in [0.2, 0.25) is 0 Å². The lowest BCUT2D eigenvalue weighted by molar-refractivity contribution is 0.0982. The fraction of sp³-hybridized carbons (Fsp3) is 0.154. The Labute approximate surface area is 115 Å². The van der Waals surface area contributed by atoms with Crippen molar-refractivity contribution in [3.8, 4) is 0 Å². The van der Waals surface area contributed by atoms with Gasteiger partial charge in [0.05, 0.1) is 5.69 Å². The molecule has 1 aromatic heterocycles. The summed E-state index contributed by atoms with van der Waals surface area (Å²) < 4.78 is 26.7. The van der Waals surface area contributed by atoms with Crippen LogP contribution in [0.15, 0.2) is 46.0 Å². The van der Waals surface area contributed by atoms with E-state index < -0.39 is 10.0 Å². The molecule has 98 valence electrons. The number of carbonyl (C=O) groups is 1. The van der Waals surface area contributed by atoms with Crippen LogP contribution in [0.3, 0.4) is 0 Å². The molecule has 3 rings (SSSR count). The van der Waals surface area contributed by atoms with Crippen LogP contribution in [0.4, 0.5) is 5.69 Å². The van der Waals surface area contributed by atoms with Crippen molar-refractivity contribution in [1.82, 2.24) is 0 Å². The molecule has 0 amide bonds. The molecule has 2 aromatic rings. The van der Waals surface area contributed by atoms with E-state index in [2.05, 4.69) is 0 Å². The van der Waals surface area contributed by atoms with Gasteiger partial charge in [-0.25, -0.2) is 8.42 Å². The summed E-state index contributed by atoms with van der Waals surface area (Å²) in [6, 6.07) is 10.1. The molecule has 0 unspecified atom stereocenters. The Morgan fingerprint density at radius 1 is 1.11 bits per heavy atom. The van der Waals surface area contributed by atoms with E-state index in [4.69, 9.17) is 0 Å². The van der Waals surface area contributed by atoms with E-state index in [0.29, 0.717) is 15.5 Å². The number of sulfonamides is 1. The monoisotopic (exact) mass is 293 g/mol. The van der Waals surface area contributed by atoms with Crippen molar-refractivity contribution in [3.05, 3.63) is 47.3 Å². The number of thiophene rings is 1. The predicted octanol–water partition coefficient (Wildman–Crippen LogP) is 2.53. The van der Waals surface area contributed by atoms with Crippen LogP contribution in [0.25, 0.3) is 0 Å². The second-order valence-electron chi connectivity index (χ2n) is 4.20. The molecule has 1 aliphatic rings. The number of anilines is 1. The molecule has 4 nitrogen and oxygen atoms in total. The molecule has 0 fully saturated rings. The average Bonchev–Trinajstić information content (AvgIpc) is 2.94. The lowest BCUT2D eigenvalue weighted by Gasteiger charge is -2.29. The van der Waals surface area contributed by atoms with E-state index in [1.807, 2.05) is 0 Å². The van der Waals surface area contributed by atoms with Crippen LogP contribution in [0, 0.1) is 0 Å². The standard InChI is InChI=1S/C13H11NO3S2/c15-12-7-8-14(11-5-2-1-4-10(11)12)19(16,17)13-6-3-9-18-13/h1-6,9H,7-8H2. The molecule has 1 aliphatic heterocycles. The first kappa shape index (κ1) is 12.4. The summed E-state index contributed by atoms with van der Waals surface area (Å²) in [5, 5.41) is 1.73. The number of ketones is 1. The van der Waals surface area contributed by atoms with Crippen LogP contribution in [0.5, 0.6) is 0 Å². The largest absolute Gasteiger partial charge is 0.294 e. The number of hydrogen-bond acceptors (Lipinski definition) is 4. The fourth-order valence-corrected chi connectivity index (χ4v) is 4.74. The Morgan fingerprint density at radius 3 is 2.63 bits per heavy atom. The summed E-state index contributed by atoms with van der Waals surface area (Å²) >= 11 is 1.18. The number of fused-ring (bicyclic) bond motifs is 1. The van der Waals surface area contributed by atoms with Gasteiger partial charge in [-0.2, -0.15) is 0 Å². The maximum Gasteiger partial charge on any atom is 0.273 e. The lowest BCUT2D eigenvalue weighted by atomic mass is 10.0. The zero-order valence-corrected chi connectivity index (χ0v) is 11.6. The Kier molecular flexibility index (Phi) is 2.91. The summed E-state index contributed by atoms with van der Waals surface area (Å²) in [6.07, 6.45) is 0.224. The summed E-state index contributed by atoms with van der Waals surface area (Å²) in [7, 11) is -3.56. The first-order valence-corrected chi connectivity index (χ1v) is 8.11. The number of para-hydroxylation sites is 1. The van der Waals surface area contributed by atoms with Gasteiger partial charge in [-0.3, -0.25) is 9.10 Å². The van der Waals surface area contributed by atoms with Gasteiger partial charge in [-0.1, -0.05) is 18.2 Å². The Hall–Kier alpha value is -1.66. The van der Waals surface area contributed by atoms with E-state index >= 15 is 0 Å². The third kappa shape index (κ3) is 1.97. The maximum absolute atomic E-state index is 12.5. The van der Waals surface area contributed by atoms with Crippen LogP contribution in [-0.4, -0.2) is 20.7 Å². The van der Waals surface area contributed by atoms with Crippen molar-refractivity contribution < 1.29 is 13.2 Å². The highest BCUT2D eigenvalue weighted by Crippen LogP contribution is 2.32. The number of Topliss-reactive ketones (excluding diaryl/α,β-unsaturated/α-hetero) is 1. The van der Waals surface area contributed by atoms with Crippen LogP contribution < -0.4 is 4.31 Å². The molecule has 2 heterocycles. The Bertz CT molecular complexity index is 720. The molecule has 0 aliphatic carbocycles. The van der Waals surface area contributed by atoms with Crippen LogP contribution in [0.1, 0.15) is 16.8 Å². The number of benzene rings is 1. The summed E-state index contributed by atoms with van der Waals surface area (Å²) in [5.74, 6) is -0.00627. The SMILES string of the molecule is O=C1CCN(S(=O)(=O)c2cccs2)c2ccccc21. The van der Waals surface area contributed by atoms with Gasteiger partial charge >= 0.3 is 0 Å². The van der Waals surface area contributed by atoms with Crippen LogP contribution in [-0.2, 0) is 10.0 Å². The first-order valence-electron chi connectivity index (χ1n) is 5.79. The molecule has 0 spiro atoms. The third-order valence-corrected chi connectivity index (χ3v) is 6.24. The van der Waals surface area contributed by atoms with Gasteiger partial charge in [0.2, 0.25) is 0 Å². The minimum Gasteiger partial charge on any atom is -0.294 e. The number of carbonyl (C=O) groups excluding carboxylic acids is 1. The van der Waals surface area contributed by atoms with Gasteiger partial charge in [-0.05, 0) is 23.6 Å². The third-order valence-electron chi connectivity index (χ3n) is 3.05. The van der Waals surface area contributed by atoms with Gasteiger partial charge in [0.15, 0.2) is 5.78 Å². The van der Waals surface area contributed by atoms with Crippen molar-refractivity contribution in [2.45, 2.75) is 10.6 Å². The summed E-state index contributed by atoms with van der Waals surface area (Å²) in [6.45, 7) is 0.204. The number of nitrogens with zero attached hydrogens (tertiary/aromatic N) is 1. The first-order chi connectivity index (χ1) is 9.10. The number of rotatable bonds is 2. The van der Waals surface area contributed by atoms with E-state index in [9.17, 15) is 13.2 Å². The molecule has 0 saturated carbocycles. The average molecular weight is 293 g/mol. The highest BCUT2D eigenvalue weighted by atomic mass is 32.2.